The maximum atomic E-state index is 13.5. The topological polar surface area (TPSA) is 96.0 Å². The number of benzene rings is 2. The lowest BCUT2D eigenvalue weighted by Crippen LogP contribution is -2.52. The van der Waals surface area contributed by atoms with Gasteiger partial charge in [0.1, 0.15) is 18.3 Å². The van der Waals surface area contributed by atoms with Gasteiger partial charge in [-0.2, -0.15) is 0 Å². The third-order valence-electron chi connectivity index (χ3n) is 5.09. The van der Waals surface area contributed by atoms with Crippen molar-refractivity contribution in [2.75, 3.05) is 24.2 Å². The molecule has 0 heterocycles. The number of halogens is 3. The molecule has 192 valence electrons. The quantitative estimate of drug-likeness (QED) is 0.463. The molecule has 1 atom stereocenters. The Morgan fingerprint density at radius 3 is 2.11 bits per heavy atom. The predicted molar refractivity (Wildman–Crippen MR) is 140 cm³/mol. The molecule has 0 saturated heterocycles. The highest BCUT2D eigenvalue weighted by atomic mass is 35.5. The van der Waals surface area contributed by atoms with E-state index in [-0.39, 0.29) is 23.3 Å². The zero-order chi connectivity index (χ0) is 26.5. The Morgan fingerprint density at radius 2 is 1.63 bits per heavy atom. The molecule has 0 spiro atoms. The van der Waals surface area contributed by atoms with E-state index >= 15 is 0 Å². The summed E-state index contributed by atoms with van der Waals surface area (Å²) in [5, 5.41) is 3.57. The van der Waals surface area contributed by atoms with E-state index < -0.39 is 34.4 Å². The summed E-state index contributed by atoms with van der Waals surface area (Å²) in [7, 11) is -2.47. The first-order valence-electron chi connectivity index (χ1n) is 10.6. The van der Waals surface area contributed by atoms with Crippen molar-refractivity contribution in [2.24, 2.45) is 0 Å². The van der Waals surface area contributed by atoms with Crippen LogP contribution in [0.3, 0.4) is 0 Å². The zero-order valence-electron chi connectivity index (χ0n) is 20.0. The Hall–Kier alpha value is -2.20. The number of anilines is 1. The lowest BCUT2D eigenvalue weighted by atomic mass is 10.1. The number of amides is 2. The van der Waals surface area contributed by atoms with Crippen molar-refractivity contribution < 1.29 is 22.7 Å². The second-order valence-corrected chi connectivity index (χ2v) is 11.3. The number of ether oxygens (including phenoxy) is 1. The van der Waals surface area contributed by atoms with E-state index in [0.29, 0.717) is 21.4 Å². The summed E-state index contributed by atoms with van der Waals surface area (Å²) in [6.45, 7) is 4.45. The fourth-order valence-electron chi connectivity index (χ4n) is 3.27. The van der Waals surface area contributed by atoms with Gasteiger partial charge in [-0.1, -0.05) is 40.9 Å². The van der Waals surface area contributed by atoms with E-state index in [2.05, 4.69) is 5.32 Å². The molecule has 12 heteroatoms. The lowest BCUT2D eigenvalue weighted by Gasteiger charge is -2.32. The number of carbonyl (C=O) groups excluding carboxylic acids is 2. The first-order chi connectivity index (χ1) is 16.3. The minimum Gasteiger partial charge on any atom is -0.495 e. The van der Waals surface area contributed by atoms with E-state index in [0.717, 1.165) is 10.6 Å². The number of hydrogen-bond acceptors (Lipinski definition) is 5. The second-order valence-electron chi connectivity index (χ2n) is 8.15. The smallest absolute Gasteiger partial charge is 0.244 e. The maximum Gasteiger partial charge on any atom is 0.244 e. The molecule has 0 aliphatic carbocycles. The third-order valence-corrected chi connectivity index (χ3v) is 7.24. The largest absolute Gasteiger partial charge is 0.495 e. The third kappa shape index (κ3) is 7.64. The summed E-state index contributed by atoms with van der Waals surface area (Å²) in [5.74, 6) is -0.691. The van der Waals surface area contributed by atoms with Crippen LogP contribution in [0, 0.1) is 0 Å². The average molecular weight is 565 g/mol. The Labute approximate surface area is 221 Å². The van der Waals surface area contributed by atoms with Gasteiger partial charge in [0, 0.05) is 28.2 Å². The van der Waals surface area contributed by atoms with Crippen molar-refractivity contribution in [2.45, 2.75) is 39.4 Å². The highest BCUT2D eigenvalue weighted by Crippen LogP contribution is 2.31. The Bertz CT molecular complexity index is 1170. The molecule has 0 bridgehead atoms. The van der Waals surface area contributed by atoms with Gasteiger partial charge in [0.15, 0.2) is 0 Å². The lowest BCUT2D eigenvalue weighted by molar-refractivity contribution is -0.139. The van der Waals surface area contributed by atoms with Crippen LogP contribution in [0.5, 0.6) is 5.75 Å². The molecule has 2 aromatic rings. The van der Waals surface area contributed by atoms with Gasteiger partial charge >= 0.3 is 0 Å². The zero-order valence-corrected chi connectivity index (χ0v) is 23.1. The number of nitrogens with zero attached hydrogens (tertiary/aromatic N) is 2. The molecule has 0 aliphatic heterocycles. The Balaban J connectivity index is 2.48. The number of nitrogens with one attached hydrogen (secondary N) is 1. The van der Waals surface area contributed by atoms with E-state index in [1.165, 1.54) is 30.2 Å². The van der Waals surface area contributed by atoms with Crippen LogP contribution in [0.2, 0.25) is 15.1 Å². The van der Waals surface area contributed by atoms with Gasteiger partial charge < -0.3 is 15.0 Å². The van der Waals surface area contributed by atoms with Crippen LogP contribution >= 0.6 is 34.8 Å². The molecule has 35 heavy (non-hydrogen) atoms. The van der Waals surface area contributed by atoms with Crippen molar-refractivity contribution in [3.8, 4) is 5.75 Å². The summed E-state index contributed by atoms with van der Waals surface area (Å²) in [5.41, 5.74) is 0.605. The van der Waals surface area contributed by atoms with Crippen molar-refractivity contribution in [1.82, 2.24) is 10.2 Å². The van der Waals surface area contributed by atoms with E-state index in [9.17, 15) is 18.0 Å². The van der Waals surface area contributed by atoms with Crippen LogP contribution in [0.25, 0.3) is 0 Å². The number of hydrogen-bond donors (Lipinski definition) is 1. The standard InChI is InChI=1S/C23H28Cl3N3O5S/c1-14(2)27-23(31)15(3)28(12-17-18(24)7-6-8-19(17)25)22(30)13-29(35(5,32)33)16-9-10-21(34-4)20(26)11-16/h6-11,14-15H,12-13H2,1-5H3,(H,27,31)/t15-/m1/s1. The number of carbonyl (C=O) groups is 2. The monoisotopic (exact) mass is 563 g/mol. The summed E-state index contributed by atoms with van der Waals surface area (Å²) in [6.07, 6.45) is 0.975. The van der Waals surface area contributed by atoms with Gasteiger partial charge in [0.2, 0.25) is 21.8 Å². The fourth-order valence-corrected chi connectivity index (χ4v) is 4.88. The molecule has 0 aromatic heterocycles. The molecule has 1 N–H and O–H groups in total. The van der Waals surface area contributed by atoms with Crippen molar-refractivity contribution in [3.63, 3.8) is 0 Å². The normalized spacial score (nSPS) is 12.3. The molecule has 0 radical (unpaired) electrons. The van der Waals surface area contributed by atoms with Gasteiger partial charge in [-0.05, 0) is 51.1 Å². The highest BCUT2D eigenvalue weighted by molar-refractivity contribution is 7.92. The van der Waals surface area contributed by atoms with Gasteiger partial charge in [-0.25, -0.2) is 8.42 Å². The van der Waals surface area contributed by atoms with E-state index in [1.54, 1.807) is 39.0 Å². The Morgan fingerprint density at radius 1 is 1.03 bits per heavy atom. The van der Waals surface area contributed by atoms with Crippen LogP contribution in [0.4, 0.5) is 5.69 Å². The van der Waals surface area contributed by atoms with Crippen LogP contribution < -0.4 is 14.4 Å². The van der Waals surface area contributed by atoms with E-state index in [1.807, 2.05) is 0 Å². The molecule has 0 unspecified atom stereocenters. The maximum absolute atomic E-state index is 13.5. The summed E-state index contributed by atoms with van der Waals surface area (Å²) in [4.78, 5) is 27.6. The number of sulfonamides is 1. The van der Waals surface area contributed by atoms with E-state index in [4.69, 9.17) is 39.5 Å². The molecule has 2 rings (SSSR count). The van der Waals surface area contributed by atoms with Gasteiger partial charge in [-0.15, -0.1) is 0 Å². The molecular formula is C23H28Cl3N3O5S. The van der Waals surface area contributed by atoms with Gasteiger partial charge in [-0.3, -0.25) is 13.9 Å². The highest BCUT2D eigenvalue weighted by Gasteiger charge is 2.31. The van der Waals surface area contributed by atoms with Gasteiger partial charge in [0.05, 0.1) is 24.1 Å². The molecule has 0 aliphatic rings. The summed E-state index contributed by atoms with van der Waals surface area (Å²) >= 11 is 18.8. The van der Waals surface area contributed by atoms with Crippen LogP contribution in [-0.4, -0.2) is 57.1 Å². The summed E-state index contributed by atoms with van der Waals surface area (Å²) in [6, 6.07) is 8.15. The summed E-state index contributed by atoms with van der Waals surface area (Å²) < 4.78 is 31.3. The van der Waals surface area contributed by atoms with Crippen LogP contribution in [0.1, 0.15) is 26.3 Å². The van der Waals surface area contributed by atoms with Crippen LogP contribution in [-0.2, 0) is 26.2 Å². The van der Waals surface area contributed by atoms with Crippen LogP contribution in [0.15, 0.2) is 36.4 Å². The first-order valence-corrected chi connectivity index (χ1v) is 13.6. The second kappa shape index (κ2) is 12.2. The fraction of sp³-hybridized carbons (Fsp3) is 0.391. The minimum atomic E-state index is -3.90. The molecule has 0 fully saturated rings. The molecule has 8 nitrogen and oxygen atoms in total. The van der Waals surface area contributed by atoms with Gasteiger partial charge in [0.25, 0.3) is 0 Å². The minimum absolute atomic E-state index is 0.106. The van der Waals surface area contributed by atoms with Crippen molar-refractivity contribution >= 4 is 62.3 Å². The Kier molecular flexibility index (Phi) is 10.1. The number of methoxy groups -OCH3 is 1. The predicted octanol–water partition coefficient (Wildman–Crippen LogP) is 4.36. The molecule has 0 saturated carbocycles. The molecule has 2 aromatic carbocycles. The van der Waals surface area contributed by atoms with Crippen molar-refractivity contribution in [3.05, 3.63) is 57.0 Å². The molecular weight excluding hydrogens is 537 g/mol. The van der Waals surface area contributed by atoms with Crippen molar-refractivity contribution in [1.29, 1.82) is 0 Å². The SMILES string of the molecule is COc1ccc(N(CC(=O)N(Cc2c(Cl)cccc2Cl)[C@H](C)C(=O)NC(C)C)S(C)(=O)=O)cc1Cl. The average Bonchev–Trinajstić information content (AvgIpc) is 2.75. The number of rotatable bonds is 10. The molecule has 2 amide bonds. The first kappa shape index (κ1) is 29.0.